The van der Waals surface area contributed by atoms with Crippen LogP contribution in [0.5, 0.6) is 0 Å². The van der Waals surface area contributed by atoms with E-state index in [4.69, 9.17) is 5.73 Å². The Morgan fingerprint density at radius 2 is 2.10 bits per heavy atom. The maximum absolute atomic E-state index is 11.6. The Morgan fingerprint density at radius 1 is 1.30 bits per heavy atom. The lowest BCUT2D eigenvalue weighted by molar-refractivity contribution is 0.588. The molecule has 0 atom stereocenters. The second-order valence-electron chi connectivity index (χ2n) is 4.01. The fraction of sp³-hybridized carbons (Fsp3) is 0.167. The van der Waals surface area contributed by atoms with Crippen molar-refractivity contribution in [3.05, 3.63) is 42.5 Å². The third-order valence-corrected chi connectivity index (χ3v) is 4.12. The maximum Gasteiger partial charge on any atom is 0.240 e. The molecule has 0 aliphatic rings. The van der Waals surface area contributed by atoms with E-state index in [1.807, 2.05) is 0 Å². The van der Waals surface area contributed by atoms with Crippen molar-refractivity contribution in [2.75, 3.05) is 18.1 Å². The van der Waals surface area contributed by atoms with Crippen molar-refractivity contribution in [1.82, 2.24) is 14.7 Å². The van der Waals surface area contributed by atoms with Gasteiger partial charge in [-0.05, 0) is 31.3 Å². The summed E-state index contributed by atoms with van der Waals surface area (Å²) in [6.07, 6.45) is 3.11. The van der Waals surface area contributed by atoms with Crippen molar-refractivity contribution < 1.29 is 8.42 Å². The molecule has 0 fully saturated rings. The molecule has 0 bridgehead atoms. The molecule has 0 amide bonds. The third kappa shape index (κ3) is 3.22. The van der Waals surface area contributed by atoms with Gasteiger partial charge in [-0.1, -0.05) is 0 Å². The van der Waals surface area contributed by atoms with Gasteiger partial charge in [0.25, 0.3) is 0 Å². The highest BCUT2D eigenvalue weighted by Crippen LogP contribution is 2.22. The summed E-state index contributed by atoms with van der Waals surface area (Å²) in [4.78, 5) is 8.03. The van der Waals surface area contributed by atoms with Crippen LogP contribution in [0, 0.1) is 0 Å². The van der Waals surface area contributed by atoms with E-state index in [9.17, 15) is 8.42 Å². The van der Waals surface area contributed by atoms with Gasteiger partial charge in [0, 0.05) is 6.20 Å². The molecule has 4 N–H and O–H groups in total. The number of benzene rings is 1. The molecule has 7 nitrogen and oxygen atoms in total. The molecular formula is C12H15N5O2S. The number of rotatable bonds is 5. The molecule has 1 aromatic carbocycles. The first-order valence-electron chi connectivity index (χ1n) is 5.85. The first kappa shape index (κ1) is 14.2. The lowest BCUT2D eigenvalue weighted by atomic mass is 10.2. The van der Waals surface area contributed by atoms with Gasteiger partial charge in [0.15, 0.2) is 0 Å². The highest BCUT2D eigenvalue weighted by atomic mass is 32.2. The Labute approximate surface area is 117 Å². The normalized spacial score (nSPS) is 11.2. The van der Waals surface area contributed by atoms with Gasteiger partial charge in [-0.25, -0.2) is 23.1 Å². The number of aromatic nitrogens is 2. The number of nitrogen functional groups attached to an aromatic ring is 1. The summed E-state index contributed by atoms with van der Waals surface area (Å²) in [6, 6.07) is 6.31. The SMILES string of the molecule is CNS(=O)(=O)c1ccc(NCc2ccncn2)c(N)c1. The summed E-state index contributed by atoms with van der Waals surface area (Å²) >= 11 is 0. The van der Waals surface area contributed by atoms with Crippen molar-refractivity contribution in [3.8, 4) is 0 Å². The zero-order valence-corrected chi connectivity index (χ0v) is 11.7. The number of hydrogen-bond acceptors (Lipinski definition) is 6. The molecule has 2 aromatic rings. The quantitative estimate of drug-likeness (QED) is 0.696. The Balaban J connectivity index is 2.15. The van der Waals surface area contributed by atoms with Gasteiger partial charge in [0.2, 0.25) is 10.0 Å². The first-order chi connectivity index (χ1) is 9.53. The summed E-state index contributed by atoms with van der Waals surface area (Å²) in [5.74, 6) is 0. The monoisotopic (exact) mass is 293 g/mol. The van der Waals surface area contributed by atoms with E-state index in [-0.39, 0.29) is 4.90 Å². The number of sulfonamides is 1. The highest BCUT2D eigenvalue weighted by Gasteiger charge is 2.12. The Morgan fingerprint density at radius 3 is 2.70 bits per heavy atom. The molecule has 0 saturated carbocycles. The minimum Gasteiger partial charge on any atom is -0.397 e. The zero-order valence-electron chi connectivity index (χ0n) is 10.9. The molecule has 106 valence electrons. The molecule has 1 aromatic heterocycles. The summed E-state index contributed by atoms with van der Waals surface area (Å²) in [6.45, 7) is 0.477. The Kier molecular flexibility index (Phi) is 4.16. The van der Waals surface area contributed by atoms with Crippen LogP contribution in [-0.4, -0.2) is 25.4 Å². The van der Waals surface area contributed by atoms with E-state index in [0.717, 1.165) is 5.69 Å². The number of nitrogens with one attached hydrogen (secondary N) is 2. The molecule has 0 saturated heterocycles. The summed E-state index contributed by atoms with van der Waals surface area (Å²) in [5, 5.41) is 3.10. The number of hydrogen-bond donors (Lipinski definition) is 3. The number of anilines is 2. The van der Waals surface area contributed by atoms with Crippen LogP contribution in [0.2, 0.25) is 0 Å². The van der Waals surface area contributed by atoms with Gasteiger partial charge in [0.1, 0.15) is 6.33 Å². The molecule has 0 aliphatic heterocycles. The van der Waals surface area contributed by atoms with Crippen molar-refractivity contribution in [1.29, 1.82) is 0 Å². The molecule has 1 heterocycles. The molecule has 20 heavy (non-hydrogen) atoms. The van der Waals surface area contributed by atoms with Gasteiger partial charge in [-0.15, -0.1) is 0 Å². The van der Waals surface area contributed by atoms with E-state index in [0.29, 0.717) is 17.9 Å². The van der Waals surface area contributed by atoms with E-state index in [2.05, 4.69) is 20.0 Å². The van der Waals surface area contributed by atoms with Crippen molar-refractivity contribution in [2.24, 2.45) is 0 Å². The Bertz CT molecular complexity index is 688. The van der Waals surface area contributed by atoms with Gasteiger partial charge in [-0.2, -0.15) is 0 Å². The molecule has 2 rings (SSSR count). The van der Waals surface area contributed by atoms with Gasteiger partial charge in [-0.3, -0.25) is 0 Å². The molecule has 8 heteroatoms. The average molecular weight is 293 g/mol. The zero-order chi connectivity index (χ0) is 14.6. The number of nitrogens with zero attached hydrogens (tertiary/aromatic N) is 2. The average Bonchev–Trinajstić information content (AvgIpc) is 2.47. The molecule has 0 unspecified atom stereocenters. The van der Waals surface area contributed by atoms with Crippen molar-refractivity contribution >= 4 is 21.4 Å². The van der Waals surface area contributed by atoms with Crippen LogP contribution in [0.15, 0.2) is 41.7 Å². The molecular weight excluding hydrogens is 278 g/mol. The predicted octanol–water partition coefficient (Wildman–Crippen LogP) is 0.579. The fourth-order valence-corrected chi connectivity index (χ4v) is 2.36. The molecule has 0 aliphatic carbocycles. The van der Waals surface area contributed by atoms with E-state index in [1.54, 1.807) is 18.3 Å². The second kappa shape index (κ2) is 5.85. The molecule has 0 spiro atoms. The van der Waals surface area contributed by atoms with Gasteiger partial charge >= 0.3 is 0 Å². The smallest absolute Gasteiger partial charge is 0.240 e. The van der Waals surface area contributed by atoms with Crippen LogP contribution in [0.3, 0.4) is 0 Å². The van der Waals surface area contributed by atoms with Crippen LogP contribution in [-0.2, 0) is 16.6 Å². The lowest BCUT2D eigenvalue weighted by Gasteiger charge is -2.10. The van der Waals surface area contributed by atoms with Gasteiger partial charge < -0.3 is 11.1 Å². The van der Waals surface area contributed by atoms with Crippen LogP contribution in [0.25, 0.3) is 0 Å². The highest BCUT2D eigenvalue weighted by molar-refractivity contribution is 7.89. The first-order valence-corrected chi connectivity index (χ1v) is 7.33. The van der Waals surface area contributed by atoms with E-state index in [1.165, 1.54) is 25.5 Å². The van der Waals surface area contributed by atoms with Crippen LogP contribution < -0.4 is 15.8 Å². The van der Waals surface area contributed by atoms with Crippen molar-refractivity contribution in [3.63, 3.8) is 0 Å². The topological polar surface area (TPSA) is 110 Å². The Hall–Kier alpha value is -2.19. The molecule has 0 radical (unpaired) electrons. The van der Waals surface area contributed by atoms with Crippen LogP contribution >= 0.6 is 0 Å². The van der Waals surface area contributed by atoms with Gasteiger partial charge in [0.05, 0.1) is 28.5 Å². The third-order valence-electron chi connectivity index (χ3n) is 2.71. The fourth-order valence-electron chi connectivity index (χ4n) is 1.60. The predicted molar refractivity (Wildman–Crippen MR) is 76.5 cm³/mol. The minimum absolute atomic E-state index is 0.130. The summed E-state index contributed by atoms with van der Waals surface area (Å²) in [5.41, 5.74) is 7.67. The van der Waals surface area contributed by atoms with Crippen molar-refractivity contribution in [2.45, 2.75) is 11.4 Å². The second-order valence-corrected chi connectivity index (χ2v) is 5.90. The largest absolute Gasteiger partial charge is 0.397 e. The standard InChI is InChI=1S/C12H15N5O2S/c1-14-20(18,19)10-2-3-12(11(13)6-10)16-7-9-4-5-15-8-17-9/h2-6,8,14,16H,7,13H2,1H3. The van der Waals surface area contributed by atoms with E-state index >= 15 is 0 Å². The lowest BCUT2D eigenvalue weighted by Crippen LogP contribution is -2.18. The van der Waals surface area contributed by atoms with Crippen LogP contribution in [0.1, 0.15) is 5.69 Å². The number of nitrogens with two attached hydrogens (primary N) is 1. The van der Waals surface area contributed by atoms with Crippen LogP contribution in [0.4, 0.5) is 11.4 Å². The van der Waals surface area contributed by atoms with E-state index < -0.39 is 10.0 Å². The maximum atomic E-state index is 11.6. The minimum atomic E-state index is -3.48. The summed E-state index contributed by atoms with van der Waals surface area (Å²) < 4.78 is 25.5. The summed E-state index contributed by atoms with van der Waals surface area (Å²) in [7, 11) is -2.13.